The summed E-state index contributed by atoms with van der Waals surface area (Å²) in [5.74, 6) is 0.568. The van der Waals surface area contributed by atoms with Crippen molar-refractivity contribution >= 4 is 23.2 Å². The van der Waals surface area contributed by atoms with Gasteiger partial charge in [0.05, 0.1) is 13.2 Å². The second-order valence-corrected chi connectivity index (χ2v) is 7.34. The van der Waals surface area contributed by atoms with E-state index in [4.69, 9.17) is 4.74 Å². The Morgan fingerprint density at radius 1 is 1.07 bits per heavy atom. The maximum Gasteiger partial charge on any atom is 0.132 e. The van der Waals surface area contributed by atoms with Gasteiger partial charge < -0.3 is 14.7 Å². The minimum Gasteiger partial charge on any atom is -0.508 e. The summed E-state index contributed by atoms with van der Waals surface area (Å²) >= 11 is 0. The van der Waals surface area contributed by atoms with Gasteiger partial charge in [0.2, 0.25) is 0 Å². The van der Waals surface area contributed by atoms with Crippen molar-refractivity contribution in [1.82, 2.24) is 0 Å². The molecule has 4 nitrogen and oxygen atoms in total. The van der Waals surface area contributed by atoms with Crippen molar-refractivity contribution in [3.63, 3.8) is 0 Å². The Morgan fingerprint density at radius 3 is 2.40 bits per heavy atom. The molecule has 30 heavy (non-hydrogen) atoms. The van der Waals surface area contributed by atoms with Crippen molar-refractivity contribution in [3.8, 4) is 11.5 Å². The first kappa shape index (κ1) is 19.7. The summed E-state index contributed by atoms with van der Waals surface area (Å²) in [5.41, 5.74) is 4.26. The summed E-state index contributed by atoms with van der Waals surface area (Å²) < 4.78 is 19.4. The molecule has 0 radical (unpaired) electrons. The Labute approximate surface area is 174 Å². The van der Waals surface area contributed by atoms with E-state index in [1.54, 1.807) is 44.4 Å². The number of benzene rings is 3. The van der Waals surface area contributed by atoms with Gasteiger partial charge in [-0.2, -0.15) is 0 Å². The summed E-state index contributed by atoms with van der Waals surface area (Å²) in [6.45, 7) is 1.54. The Balaban J connectivity index is 1.93. The van der Waals surface area contributed by atoms with Crippen LogP contribution in [-0.4, -0.2) is 18.0 Å². The number of hydrogen-bond donors (Lipinski definition) is 1. The number of nitrogens with zero attached hydrogens (tertiary/aromatic N) is 1. The van der Waals surface area contributed by atoms with Crippen molar-refractivity contribution in [2.75, 3.05) is 12.0 Å². The van der Waals surface area contributed by atoms with Crippen LogP contribution in [0.25, 0.3) is 11.8 Å². The molecule has 1 heterocycles. The topological polar surface area (TPSA) is 49.8 Å². The number of halogens is 1. The van der Waals surface area contributed by atoms with Crippen LogP contribution in [0, 0.1) is 5.82 Å². The van der Waals surface area contributed by atoms with Crippen molar-refractivity contribution < 1.29 is 19.0 Å². The Bertz CT molecular complexity index is 1100. The molecule has 152 valence electrons. The van der Waals surface area contributed by atoms with Crippen LogP contribution in [0.5, 0.6) is 11.5 Å². The number of anilines is 1. The van der Waals surface area contributed by atoms with Crippen LogP contribution >= 0.6 is 0 Å². The molecule has 0 aliphatic carbocycles. The molecule has 0 fully saturated rings. The molecule has 4 rings (SSSR count). The lowest BCUT2D eigenvalue weighted by Crippen LogP contribution is -2.32. The highest BCUT2D eigenvalue weighted by atomic mass is 19.1. The first-order valence-corrected chi connectivity index (χ1v) is 9.69. The number of ketones is 1. The molecule has 0 spiro atoms. The van der Waals surface area contributed by atoms with Gasteiger partial charge in [-0.25, -0.2) is 4.39 Å². The summed E-state index contributed by atoms with van der Waals surface area (Å²) in [6, 6.07) is 18.8. The first-order chi connectivity index (χ1) is 14.5. The zero-order valence-corrected chi connectivity index (χ0v) is 16.8. The molecule has 1 aliphatic heterocycles. The number of carbonyl (C=O) groups is 1. The third-order valence-corrected chi connectivity index (χ3v) is 5.27. The number of phenols is 1. The number of methoxy groups -OCH3 is 1. The van der Waals surface area contributed by atoms with E-state index in [1.165, 1.54) is 12.1 Å². The highest BCUT2D eigenvalue weighted by Crippen LogP contribution is 2.44. The molecule has 1 aliphatic rings. The van der Waals surface area contributed by atoms with E-state index < -0.39 is 0 Å². The summed E-state index contributed by atoms with van der Waals surface area (Å²) in [6.07, 6.45) is 2.23. The number of fused-ring (bicyclic) bond motifs is 1. The number of carbonyl (C=O) groups excluding carboxylic acids is 1. The Kier molecular flexibility index (Phi) is 5.27. The van der Waals surface area contributed by atoms with Crippen molar-refractivity contribution in [1.29, 1.82) is 0 Å². The lowest BCUT2D eigenvalue weighted by atomic mass is 9.88. The molecule has 0 saturated heterocycles. The third-order valence-electron chi connectivity index (χ3n) is 5.27. The summed E-state index contributed by atoms with van der Waals surface area (Å²) in [7, 11) is 1.62. The molecule has 5 heteroatoms. The van der Waals surface area contributed by atoms with Crippen molar-refractivity contribution in [3.05, 3.63) is 89.2 Å². The number of Topliss-reactive ketones (excluding diaryl/α,β-unsaturated/α-hetero) is 1. The molecule has 0 bridgehead atoms. The van der Waals surface area contributed by atoms with Crippen LogP contribution < -0.4 is 9.64 Å². The molecule has 3 aromatic rings. The minimum atomic E-state index is -0.375. The fourth-order valence-corrected chi connectivity index (χ4v) is 3.88. The maximum atomic E-state index is 14.1. The van der Waals surface area contributed by atoms with Crippen LogP contribution in [0.1, 0.15) is 36.1 Å². The molecule has 3 aromatic carbocycles. The predicted molar refractivity (Wildman–Crippen MR) is 116 cm³/mol. The highest BCUT2D eigenvalue weighted by molar-refractivity contribution is 5.95. The maximum absolute atomic E-state index is 14.1. The predicted octanol–water partition coefficient (Wildman–Crippen LogP) is 5.58. The molecule has 1 atom stereocenters. The molecular weight excluding hydrogens is 381 g/mol. The second-order valence-electron chi connectivity index (χ2n) is 7.34. The fourth-order valence-electron chi connectivity index (χ4n) is 3.88. The average molecular weight is 403 g/mol. The van der Waals surface area contributed by atoms with E-state index in [1.807, 2.05) is 35.2 Å². The number of ether oxygens (including phenoxy) is 1. The Hall–Kier alpha value is -3.60. The Morgan fingerprint density at radius 2 is 1.77 bits per heavy atom. The zero-order valence-electron chi connectivity index (χ0n) is 16.8. The van der Waals surface area contributed by atoms with E-state index >= 15 is 0 Å². The van der Waals surface area contributed by atoms with Gasteiger partial charge in [-0.3, -0.25) is 4.79 Å². The molecule has 0 aromatic heterocycles. The van der Waals surface area contributed by atoms with E-state index in [9.17, 15) is 14.3 Å². The van der Waals surface area contributed by atoms with Gasteiger partial charge >= 0.3 is 0 Å². The largest absolute Gasteiger partial charge is 0.508 e. The van der Waals surface area contributed by atoms with Gasteiger partial charge in [-0.1, -0.05) is 6.07 Å². The van der Waals surface area contributed by atoms with Gasteiger partial charge in [-0.15, -0.1) is 0 Å². The number of phenolic OH excluding ortho intramolecular Hbond substituents is 1. The van der Waals surface area contributed by atoms with Crippen LogP contribution in [0.4, 0.5) is 10.1 Å². The number of aromatic hydroxyl groups is 1. The number of hydrogen-bond acceptors (Lipinski definition) is 4. The third kappa shape index (κ3) is 3.79. The molecular formula is C25H22FNO3. The van der Waals surface area contributed by atoms with Crippen LogP contribution in [0.15, 0.2) is 66.7 Å². The first-order valence-electron chi connectivity index (χ1n) is 9.69. The monoisotopic (exact) mass is 403 g/mol. The molecule has 0 amide bonds. The SMILES string of the molecule is COc1ccc(C2=Cc3ccc(F)cc3C(CC(C)=O)N2c2ccc(O)cc2)cc1. The van der Waals surface area contributed by atoms with Gasteiger partial charge in [-0.05, 0) is 90.4 Å². The normalized spacial score (nSPS) is 15.4. The van der Waals surface area contributed by atoms with Gasteiger partial charge in [0.25, 0.3) is 0 Å². The quantitative estimate of drug-likeness (QED) is 0.604. The lowest BCUT2D eigenvalue weighted by Gasteiger charge is -2.39. The van der Waals surface area contributed by atoms with Crippen LogP contribution in [0.3, 0.4) is 0 Å². The summed E-state index contributed by atoms with van der Waals surface area (Å²) in [4.78, 5) is 14.2. The van der Waals surface area contributed by atoms with Gasteiger partial charge in [0.15, 0.2) is 0 Å². The van der Waals surface area contributed by atoms with E-state index in [2.05, 4.69) is 0 Å². The van der Waals surface area contributed by atoms with E-state index in [0.717, 1.165) is 33.8 Å². The van der Waals surface area contributed by atoms with Gasteiger partial charge in [0.1, 0.15) is 23.1 Å². The second kappa shape index (κ2) is 8.03. The van der Waals surface area contributed by atoms with Crippen LogP contribution in [-0.2, 0) is 4.79 Å². The standard InChI is InChI=1S/C25H22FNO3/c1-16(28)13-25-23-15-19(26)6-3-18(23)14-24(17-4-11-22(30-2)12-5-17)27(25)20-7-9-21(29)10-8-20/h3-12,14-15,25,29H,13H2,1-2H3. The number of rotatable bonds is 5. The van der Waals surface area contributed by atoms with Crippen LogP contribution in [0.2, 0.25) is 0 Å². The van der Waals surface area contributed by atoms with Crippen molar-refractivity contribution in [2.24, 2.45) is 0 Å². The molecule has 1 unspecified atom stereocenters. The smallest absolute Gasteiger partial charge is 0.132 e. The fraction of sp³-hybridized carbons (Fsp3) is 0.160. The average Bonchev–Trinajstić information content (AvgIpc) is 2.74. The molecule has 0 saturated carbocycles. The zero-order chi connectivity index (χ0) is 21.3. The van der Waals surface area contributed by atoms with E-state index in [0.29, 0.717) is 0 Å². The molecule has 1 N–H and O–H groups in total. The highest BCUT2D eigenvalue weighted by Gasteiger charge is 2.31. The lowest BCUT2D eigenvalue weighted by molar-refractivity contribution is -0.117. The van der Waals surface area contributed by atoms with E-state index in [-0.39, 0.29) is 29.8 Å². The van der Waals surface area contributed by atoms with Crippen molar-refractivity contribution in [2.45, 2.75) is 19.4 Å². The summed E-state index contributed by atoms with van der Waals surface area (Å²) in [5, 5.41) is 9.75. The minimum absolute atomic E-state index is 0.00923. The van der Waals surface area contributed by atoms with Gasteiger partial charge in [0, 0.05) is 17.8 Å².